The lowest BCUT2D eigenvalue weighted by molar-refractivity contribution is 0.0606. The summed E-state index contributed by atoms with van der Waals surface area (Å²) in [6.07, 6.45) is -6.02. The molecule has 3 aromatic heterocycles. The molecule has 0 spiro atoms. The molecule has 4 aromatic rings. The fraction of sp³-hybridized carbons (Fsp3) is 0.190. The van der Waals surface area contributed by atoms with Crippen molar-refractivity contribution in [1.82, 2.24) is 9.78 Å². The van der Waals surface area contributed by atoms with Crippen molar-refractivity contribution in [2.75, 3.05) is 12.4 Å². The average Bonchev–Trinajstić information content (AvgIpc) is 3.51. The summed E-state index contributed by atoms with van der Waals surface area (Å²) in [7, 11) is 1.24. The lowest BCUT2D eigenvalue weighted by Crippen LogP contribution is -2.11. The van der Waals surface area contributed by atoms with Gasteiger partial charge in [-0.3, -0.25) is 9.48 Å². The number of rotatable bonds is 7. The third-order valence-electron chi connectivity index (χ3n) is 4.73. The molecule has 0 unspecified atom stereocenters. The van der Waals surface area contributed by atoms with Crippen LogP contribution in [0.2, 0.25) is 5.02 Å². The number of anilines is 1. The third kappa shape index (κ3) is 4.64. The first kappa shape index (κ1) is 23.8. The number of hydrogen-bond donors (Lipinski definition) is 1. The van der Waals surface area contributed by atoms with Gasteiger partial charge in [-0.25, -0.2) is 22.4 Å². The van der Waals surface area contributed by atoms with Gasteiger partial charge in [-0.05, 0) is 36.4 Å². The molecule has 0 aliphatic heterocycles. The number of benzene rings is 1. The normalized spacial score (nSPS) is 11.5. The van der Waals surface area contributed by atoms with Crippen LogP contribution in [0.25, 0.3) is 10.1 Å². The first-order valence-corrected chi connectivity index (χ1v) is 10.7. The van der Waals surface area contributed by atoms with Crippen molar-refractivity contribution < 1.29 is 36.3 Å². The van der Waals surface area contributed by atoms with E-state index in [1.54, 1.807) is 18.2 Å². The van der Waals surface area contributed by atoms with E-state index in [9.17, 15) is 27.2 Å². The zero-order chi connectivity index (χ0) is 24.6. The Bertz CT molecular complexity index is 1380. The Labute approximate surface area is 197 Å². The van der Waals surface area contributed by atoms with Gasteiger partial charge >= 0.3 is 5.97 Å². The molecular formula is C21H14ClF4N3O4S. The molecule has 1 aromatic carbocycles. The van der Waals surface area contributed by atoms with E-state index in [0.717, 1.165) is 11.3 Å². The summed E-state index contributed by atoms with van der Waals surface area (Å²) in [4.78, 5) is 24.6. The van der Waals surface area contributed by atoms with Crippen molar-refractivity contribution >= 4 is 50.6 Å². The maximum absolute atomic E-state index is 13.2. The molecule has 1 N–H and O–H groups in total. The van der Waals surface area contributed by atoms with E-state index in [0.29, 0.717) is 26.5 Å². The Morgan fingerprint density at radius 2 is 1.94 bits per heavy atom. The van der Waals surface area contributed by atoms with Crippen LogP contribution in [0, 0.1) is 0 Å². The van der Waals surface area contributed by atoms with Gasteiger partial charge in [-0.1, -0.05) is 11.6 Å². The summed E-state index contributed by atoms with van der Waals surface area (Å²) in [5, 5.41) is 6.97. The number of nitrogens with zero attached hydrogens (tertiary/aromatic N) is 2. The Morgan fingerprint density at radius 1 is 1.18 bits per heavy atom. The number of esters is 1. The number of fused-ring (bicyclic) bond motifs is 1. The fourth-order valence-electron chi connectivity index (χ4n) is 3.15. The number of nitrogens with one attached hydrogen (secondary N) is 1. The number of thiophene rings is 1. The molecule has 0 aliphatic rings. The SMILES string of the molecule is COC(=O)c1sc2cc(NC(=O)c3ccc(Cn4nc(C(F)F)cc4C(F)F)o3)ccc2c1Cl. The predicted molar refractivity (Wildman–Crippen MR) is 116 cm³/mol. The Hall–Kier alpha value is -3.38. The van der Waals surface area contributed by atoms with E-state index < -0.39 is 36.1 Å². The molecule has 0 bridgehead atoms. The molecule has 1 amide bonds. The fourth-order valence-corrected chi connectivity index (χ4v) is 4.62. The van der Waals surface area contributed by atoms with Crippen molar-refractivity contribution in [3.8, 4) is 0 Å². The van der Waals surface area contributed by atoms with Crippen LogP contribution in [0.1, 0.15) is 50.2 Å². The minimum absolute atomic E-state index is 0.0687. The van der Waals surface area contributed by atoms with Crippen molar-refractivity contribution in [3.05, 3.63) is 69.2 Å². The topological polar surface area (TPSA) is 86.4 Å². The number of halogens is 5. The van der Waals surface area contributed by atoms with Gasteiger partial charge < -0.3 is 14.5 Å². The highest BCUT2D eigenvalue weighted by Gasteiger charge is 2.23. The number of methoxy groups -OCH3 is 1. The van der Waals surface area contributed by atoms with E-state index >= 15 is 0 Å². The summed E-state index contributed by atoms with van der Waals surface area (Å²) < 4.78 is 63.4. The Morgan fingerprint density at radius 3 is 2.62 bits per heavy atom. The maximum atomic E-state index is 13.2. The summed E-state index contributed by atoms with van der Waals surface area (Å²) in [6.45, 7) is -0.365. The molecule has 178 valence electrons. The van der Waals surface area contributed by atoms with Gasteiger partial charge in [-0.2, -0.15) is 5.10 Å². The molecular weight excluding hydrogens is 502 g/mol. The molecule has 0 atom stereocenters. The quantitative estimate of drug-likeness (QED) is 0.230. The molecule has 3 heterocycles. The Kier molecular flexibility index (Phi) is 6.62. The summed E-state index contributed by atoms with van der Waals surface area (Å²) in [5.74, 6) is -1.27. The van der Waals surface area contributed by atoms with E-state index in [1.165, 1.54) is 19.2 Å². The number of furan rings is 1. The van der Waals surface area contributed by atoms with Gasteiger partial charge in [0, 0.05) is 15.8 Å². The highest BCUT2D eigenvalue weighted by Crippen LogP contribution is 2.37. The minimum atomic E-state index is -3.02. The molecule has 7 nitrogen and oxygen atoms in total. The van der Waals surface area contributed by atoms with Crippen LogP contribution in [-0.2, 0) is 11.3 Å². The third-order valence-corrected chi connectivity index (χ3v) is 6.36. The van der Waals surface area contributed by atoms with Gasteiger partial charge in [0.1, 0.15) is 22.0 Å². The summed E-state index contributed by atoms with van der Waals surface area (Å²) in [5.41, 5.74) is -1.08. The van der Waals surface area contributed by atoms with Gasteiger partial charge in [0.25, 0.3) is 18.8 Å². The number of ether oxygens (including phenoxy) is 1. The zero-order valence-electron chi connectivity index (χ0n) is 17.2. The number of amides is 1. The molecule has 4 rings (SSSR count). The highest BCUT2D eigenvalue weighted by atomic mass is 35.5. The van der Waals surface area contributed by atoms with Crippen molar-refractivity contribution in [2.24, 2.45) is 0 Å². The van der Waals surface area contributed by atoms with Crippen molar-refractivity contribution in [3.63, 3.8) is 0 Å². The predicted octanol–water partition coefficient (Wildman–Crippen LogP) is 6.31. The van der Waals surface area contributed by atoms with Crippen LogP contribution < -0.4 is 5.32 Å². The van der Waals surface area contributed by atoms with E-state index in [4.69, 9.17) is 20.8 Å². The second-order valence-corrected chi connectivity index (χ2v) is 8.35. The second kappa shape index (κ2) is 9.47. The number of carbonyl (C=O) groups excluding carboxylic acids is 2. The summed E-state index contributed by atoms with van der Waals surface area (Å²) in [6, 6.07) is 8.14. The van der Waals surface area contributed by atoms with Gasteiger partial charge in [-0.15, -0.1) is 11.3 Å². The Balaban J connectivity index is 1.51. The monoisotopic (exact) mass is 515 g/mol. The van der Waals surface area contributed by atoms with Crippen LogP contribution in [0.4, 0.5) is 23.2 Å². The molecule has 13 heteroatoms. The number of carbonyl (C=O) groups is 2. The van der Waals surface area contributed by atoms with Gasteiger partial charge in [0.05, 0.1) is 18.7 Å². The van der Waals surface area contributed by atoms with E-state index in [1.807, 2.05) is 0 Å². The second-order valence-electron chi connectivity index (χ2n) is 6.92. The van der Waals surface area contributed by atoms with E-state index in [2.05, 4.69) is 10.4 Å². The number of hydrogen-bond acceptors (Lipinski definition) is 6. The standard InChI is InChI=1S/C21H14ClF4N3O4S/c1-32-21(31)17-16(22)11-4-2-9(6-15(11)34-17)27-20(30)14-5-3-10(33-14)8-29-13(19(25)26)7-12(28-29)18(23)24/h2-7,18-19H,8H2,1H3,(H,27,30). The molecule has 0 saturated carbocycles. The van der Waals surface area contributed by atoms with Crippen LogP contribution in [0.5, 0.6) is 0 Å². The first-order chi connectivity index (χ1) is 16.2. The highest BCUT2D eigenvalue weighted by molar-refractivity contribution is 7.21. The van der Waals surface area contributed by atoms with Gasteiger partial charge in [0.15, 0.2) is 5.76 Å². The molecule has 0 fully saturated rings. The summed E-state index contributed by atoms with van der Waals surface area (Å²) >= 11 is 7.32. The van der Waals surface area contributed by atoms with Crippen molar-refractivity contribution in [1.29, 1.82) is 0 Å². The smallest absolute Gasteiger partial charge is 0.349 e. The minimum Gasteiger partial charge on any atom is -0.465 e. The molecule has 0 radical (unpaired) electrons. The first-order valence-electron chi connectivity index (χ1n) is 9.52. The van der Waals surface area contributed by atoms with Crippen LogP contribution in [0.15, 0.2) is 40.8 Å². The molecule has 0 aliphatic carbocycles. The van der Waals surface area contributed by atoms with E-state index in [-0.39, 0.29) is 28.0 Å². The lowest BCUT2D eigenvalue weighted by Gasteiger charge is -2.05. The van der Waals surface area contributed by atoms with Gasteiger partial charge in [0.2, 0.25) is 0 Å². The lowest BCUT2D eigenvalue weighted by atomic mass is 10.2. The average molecular weight is 516 g/mol. The zero-order valence-corrected chi connectivity index (χ0v) is 18.7. The molecule has 34 heavy (non-hydrogen) atoms. The van der Waals surface area contributed by atoms with Crippen LogP contribution in [0.3, 0.4) is 0 Å². The number of aromatic nitrogens is 2. The van der Waals surface area contributed by atoms with Crippen LogP contribution >= 0.6 is 22.9 Å². The van der Waals surface area contributed by atoms with Crippen LogP contribution in [-0.4, -0.2) is 28.8 Å². The number of alkyl halides is 4. The maximum Gasteiger partial charge on any atom is 0.349 e. The molecule has 0 saturated heterocycles. The largest absolute Gasteiger partial charge is 0.465 e. The van der Waals surface area contributed by atoms with Crippen molar-refractivity contribution in [2.45, 2.75) is 19.4 Å².